The quantitative estimate of drug-likeness (QED) is 0.840. The van der Waals surface area contributed by atoms with Crippen molar-refractivity contribution in [3.63, 3.8) is 0 Å². The molecule has 0 radical (unpaired) electrons. The Balaban J connectivity index is 2.09. The first kappa shape index (κ1) is 19.8. The van der Waals surface area contributed by atoms with Crippen LogP contribution in [-0.2, 0) is 14.8 Å². The topological polar surface area (TPSA) is 75.7 Å². The van der Waals surface area contributed by atoms with Crippen molar-refractivity contribution >= 4 is 27.3 Å². The highest BCUT2D eigenvalue weighted by Crippen LogP contribution is 2.21. The van der Waals surface area contributed by atoms with Crippen LogP contribution in [0, 0.1) is 13.8 Å². The van der Waals surface area contributed by atoms with Crippen LogP contribution in [0.5, 0.6) is 5.75 Å². The Morgan fingerprint density at radius 2 is 1.73 bits per heavy atom. The normalized spacial score (nSPS) is 12.3. The van der Waals surface area contributed by atoms with Gasteiger partial charge in [-0.3, -0.25) is 9.10 Å². The highest BCUT2D eigenvalue weighted by molar-refractivity contribution is 7.92. The largest absolute Gasteiger partial charge is 0.481 e. The lowest BCUT2D eigenvalue weighted by molar-refractivity contribution is -0.122. The summed E-state index contributed by atoms with van der Waals surface area (Å²) in [5.74, 6) is 0.319. The molecule has 0 spiro atoms. The number of ether oxygens (including phenoxy) is 1. The molecule has 7 heteroatoms. The van der Waals surface area contributed by atoms with Crippen molar-refractivity contribution in [2.45, 2.75) is 26.9 Å². The summed E-state index contributed by atoms with van der Waals surface area (Å²) in [5, 5.41) is 2.75. The third-order valence-electron chi connectivity index (χ3n) is 3.85. The molecular weight excluding hydrogens is 352 g/mol. The number of nitrogens with one attached hydrogen (secondary N) is 1. The van der Waals surface area contributed by atoms with E-state index < -0.39 is 16.1 Å². The van der Waals surface area contributed by atoms with E-state index in [2.05, 4.69) is 5.32 Å². The van der Waals surface area contributed by atoms with Crippen LogP contribution >= 0.6 is 0 Å². The number of carbonyl (C=O) groups is 1. The molecule has 1 amide bonds. The molecule has 0 bridgehead atoms. The summed E-state index contributed by atoms with van der Waals surface area (Å²) in [5.41, 5.74) is 3.08. The molecule has 0 unspecified atom stereocenters. The summed E-state index contributed by atoms with van der Waals surface area (Å²) in [7, 11) is -1.91. The van der Waals surface area contributed by atoms with Crippen LogP contribution in [-0.4, -0.2) is 33.7 Å². The lowest BCUT2D eigenvalue weighted by Crippen LogP contribution is -2.30. The highest BCUT2D eigenvalue weighted by Gasteiger charge is 2.17. The van der Waals surface area contributed by atoms with Crippen LogP contribution in [0.3, 0.4) is 0 Å². The number of hydrogen-bond donors (Lipinski definition) is 1. The molecule has 26 heavy (non-hydrogen) atoms. The second kappa shape index (κ2) is 7.78. The number of amides is 1. The van der Waals surface area contributed by atoms with Crippen molar-refractivity contribution in [1.82, 2.24) is 0 Å². The van der Waals surface area contributed by atoms with E-state index in [1.165, 1.54) is 7.05 Å². The maximum atomic E-state index is 12.4. The zero-order chi connectivity index (χ0) is 19.5. The van der Waals surface area contributed by atoms with E-state index >= 15 is 0 Å². The predicted octanol–water partition coefficient (Wildman–Crippen LogP) is 3.11. The fraction of sp³-hybridized carbons (Fsp3) is 0.316. The molecule has 2 rings (SSSR count). The Morgan fingerprint density at radius 3 is 2.31 bits per heavy atom. The van der Waals surface area contributed by atoms with Crippen LogP contribution in [0.25, 0.3) is 0 Å². The first-order valence-corrected chi connectivity index (χ1v) is 10.0. The molecule has 0 aliphatic rings. The van der Waals surface area contributed by atoms with E-state index in [0.717, 1.165) is 21.7 Å². The summed E-state index contributed by atoms with van der Waals surface area (Å²) in [6, 6.07) is 12.4. The molecule has 6 nitrogen and oxygen atoms in total. The molecule has 1 atom stereocenters. The van der Waals surface area contributed by atoms with Gasteiger partial charge in [0.25, 0.3) is 5.91 Å². The smallest absolute Gasteiger partial charge is 0.265 e. The van der Waals surface area contributed by atoms with E-state index in [1.807, 2.05) is 32.0 Å². The molecule has 1 N–H and O–H groups in total. The molecular formula is C19H24N2O4S. The van der Waals surface area contributed by atoms with Gasteiger partial charge >= 0.3 is 0 Å². The van der Waals surface area contributed by atoms with E-state index in [0.29, 0.717) is 17.1 Å². The van der Waals surface area contributed by atoms with E-state index in [4.69, 9.17) is 4.74 Å². The number of aryl methyl sites for hydroxylation is 2. The minimum absolute atomic E-state index is 0.316. The van der Waals surface area contributed by atoms with E-state index in [9.17, 15) is 13.2 Å². The van der Waals surface area contributed by atoms with Gasteiger partial charge in [-0.1, -0.05) is 12.1 Å². The van der Waals surface area contributed by atoms with Gasteiger partial charge in [-0.05, 0) is 62.2 Å². The first-order valence-electron chi connectivity index (χ1n) is 8.16. The second-order valence-electron chi connectivity index (χ2n) is 6.35. The maximum absolute atomic E-state index is 12.4. The number of nitrogens with zero attached hydrogens (tertiary/aromatic N) is 1. The van der Waals surface area contributed by atoms with Gasteiger partial charge in [0.15, 0.2) is 6.10 Å². The molecule has 0 saturated heterocycles. The number of anilines is 2. The molecule has 0 heterocycles. The number of hydrogen-bond acceptors (Lipinski definition) is 4. The van der Waals surface area contributed by atoms with Crippen LogP contribution in [0.4, 0.5) is 11.4 Å². The SMILES string of the molecule is Cc1cc(C)cc(O[C@@H](C)C(=O)Nc2cccc(N(C)S(C)(=O)=O)c2)c1. The predicted molar refractivity (Wildman–Crippen MR) is 104 cm³/mol. The average molecular weight is 376 g/mol. The van der Waals surface area contributed by atoms with Gasteiger partial charge in [0.1, 0.15) is 5.75 Å². The van der Waals surface area contributed by atoms with E-state index in [1.54, 1.807) is 31.2 Å². The summed E-state index contributed by atoms with van der Waals surface area (Å²) < 4.78 is 30.2. The monoisotopic (exact) mass is 376 g/mol. The van der Waals surface area contributed by atoms with Crippen LogP contribution in [0.2, 0.25) is 0 Å². The van der Waals surface area contributed by atoms with Gasteiger partial charge in [0.2, 0.25) is 10.0 Å². The minimum Gasteiger partial charge on any atom is -0.481 e. The number of sulfonamides is 1. The van der Waals surface area contributed by atoms with Gasteiger partial charge in [-0.2, -0.15) is 0 Å². The lowest BCUT2D eigenvalue weighted by Gasteiger charge is -2.19. The Morgan fingerprint density at radius 1 is 1.12 bits per heavy atom. The molecule has 0 aliphatic heterocycles. The molecule has 0 aliphatic carbocycles. The van der Waals surface area contributed by atoms with Gasteiger partial charge in [-0.15, -0.1) is 0 Å². The van der Waals surface area contributed by atoms with Crippen LogP contribution in [0.15, 0.2) is 42.5 Å². The molecule has 0 aromatic heterocycles. The molecule has 0 saturated carbocycles. The van der Waals surface area contributed by atoms with Gasteiger partial charge < -0.3 is 10.1 Å². The Labute approximate surface area is 154 Å². The third kappa shape index (κ3) is 5.23. The maximum Gasteiger partial charge on any atom is 0.265 e. The van der Waals surface area contributed by atoms with Crippen molar-refractivity contribution < 1.29 is 17.9 Å². The minimum atomic E-state index is -3.37. The van der Waals surface area contributed by atoms with E-state index in [-0.39, 0.29) is 5.91 Å². The highest BCUT2D eigenvalue weighted by atomic mass is 32.2. The van der Waals surface area contributed by atoms with Crippen molar-refractivity contribution in [3.8, 4) is 5.75 Å². The molecule has 0 fully saturated rings. The fourth-order valence-electron chi connectivity index (χ4n) is 2.47. The van der Waals surface area contributed by atoms with Gasteiger partial charge in [0.05, 0.1) is 11.9 Å². The summed E-state index contributed by atoms with van der Waals surface area (Å²) in [6.07, 6.45) is 0.422. The Kier molecular flexibility index (Phi) is 5.92. The zero-order valence-corrected chi connectivity index (χ0v) is 16.4. The number of benzene rings is 2. The second-order valence-corrected chi connectivity index (χ2v) is 8.37. The zero-order valence-electron chi connectivity index (χ0n) is 15.6. The van der Waals surface area contributed by atoms with Crippen molar-refractivity contribution in [2.75, 3.05) is 22.9 Å². The van der Waals surface area contributed by atoms with Crippen molar-refractivity contribution in [3.05, 3.63) is 53.6 Å². The molecule has 140 valence electrons. The Hall–Kier alpha value is -2.54. The number of rotatable bonds is 6. The standard InChI is InChI=1S/C19H24N2O4S/c1-13-9-14(2)11-18(10-13)25-15(3)19(22)20-16-7-6-8-17(12-16)21(4)26(5,23)24/h6-12,15H,1-5H3,(H,20,22)/t15-/m0/s1. The summed E-state index contributed by atoms with van der Waals surface area (Å²) in [4.78, 5) is 12.4. The summed E-state index contributed by atoms with van der Waals surface area (Å²) in [6.45, 7) is 5.60. The van der Waals surface area contributed by atoms with Gasteiger partial charge in [0, 0.05) is 12.7 Å². The molecule has 2 aromatic rings. The average Bonchev–Trinajstić information content (AvgIpc) is 2.52. The van der Waals surface area contributed by atoms with Crippen molar-refractivity contribution in [1.29, 1.82) is 0 Å². The summed E-state index contributed by atoms with van der Waals surface area (Å²) >= 11 is 0. The number of carbonyl (C=O) groups excluding carboxylic acids is 1. The Bertz CT molecular complexity index is 889. The first-order chi connectivity index (χ1) is 12.1. The van der Waals surface area contributed by atoms with Gasteiger partial charge in [-0.25, -0.2) is 8.42 Å². The fourth-order valence-corrected chi connectivity index (χ4v) is 2.97. The lowest BCUT2D eigenvalue weighted by atomic mass is 10.1. The third-order valence-corrected chi connectivity index (χ3v) is 5.06. The molecule has 2 aromatic carbocycles. The van der Waals surface area contributed by atoms with Crippen LogP contribution in [0.1, 0.15) is 18.1 Å². The van der Waals surface area contributed by atoms with Crippen molar-refractivity contribution in [2.24, 2.45) is 0 Å². The van der Waals surface area contributed by atoms with Crippen LogP contribution < -0.4 is 14.4 Å².